The average Bonchev–Trinajstić information content (AvgIpc) is 2.66. The summed E-state index contributed by atoms with van der Waals surface area (Å²) in [5, 5.41) is 0. The van der Waals surface area contributed by atoms with Crippen LogP contribution in [-0.4, -0.2) is 30.1 Å². The highest BCUT2D eigenvalue weighted by atomic mass is 16.5. The van der Waals surface area contributed by atoms with Gasteiger partial charge in [-0.05, 0) is 27.2 Å². The summed E-state index contributed by atoms with van der Waals surface area (Å²) in [6.07, 6.45) is 3.45. The Bertz CT molecular complexity index is 609. The van der Waals surface area contributed by atoms with Gasteiger partial charge in [-0.25, -0.2) is 4.98 Å². The zero-order valence-corrected chi connectivity index (χ0v) is 13.0. The predicted octanol–water partition coefficient (Wildman–Crippen LogP) is 2.09. The Morgan fingerprint density at radius 1 is 1.33 bits per heavy atom. The normalized spacial score (nSPS) is 24.7. The summed E-state index contributed by atoms with van der Waals surface area (Å²) < 4.78 is 5.84. The number of aryl methyl sites for hydroxylation is 1. The fourth-order valence-corrected chi connectivity index (χ4v) is 3.21. The quantitative estimate of drug-likeness (QED) is 0.656. The molecule has 1 aromatic rings. The summed E-state index contributed by atoms with van der Waals surface area (Å²) in [7, 11) is 0. The van der Waals surface area contributed by atoms with Gasteiger partial charge in [-0.1, -0.05) is 0 Å². The standard InChI is InChI=1S/C15H24N5O/c1-4-21-8-12-19-13-14(9(2)10(3)18-15(13)16)20(12,17)11-6-5-7-11/h11H,4-8,17H2,1-3H3,(H2,16,18)/q+1. The molecule has 114 valence electrons. The van der Waals surface area contributed by atoms with Gasteiger partial charge in [0.05, 0.1) is 0 Å². The van der Waals surface area contributed by atoms with Crippen LogP contribution in [-0.2, 0) is 4.74 Å². The molecule has 6 heteroatoms. The average molecular weight is 290 g/mol. The molecule has 3 rings (SSSR count). The number of nitrogen functional groups attached to an aromatic ring is 1. The minimum atomic E-state index is 0.259. The maximum Gasteiger partial charge on any atom is 0.254 e. The third kappa shape index (κ3) is 1.97. The van der Waals surface area contributed by atoms with E-state index in [9.17, 15) is 0 Å². The number of amidine groups is 1. The molecule has 21 heavy (non-hydrogen) atoms. The van der Waals surface area contributed by atoms with Gasteiger partial charge in [-0.15, -0.1) is 0 Å². The maximum atomic E-state index is 6.84. The number of pyridine rings is 1. The van der Waals surface area contributed by atoms with Crippen LogP contribution in [0.4, 0.5) is 17.2 Å². The van der Waals surface area contributed by atoms with Gasteiger partial charge in [-0.2, -0.15) is 15.4 Å². The summed E-state index contributed by atoms with van der Waals surface area (Å²) in [6.45, 7) is 7.08. The van der Waals surface area contributed by atoms with Gasteiger partial charge in [0.1, 0.15) is 12.6 Å². The van der Waals surface area contributed by atoms with Gasteiger partial charge < -0.3 is 10.5 Å². The summed E-state index contributed by atoms with van der Waals surface area (Å²) in [4.78, 5) is 9.09. The molecule has 1 fully saturated rings. The van der Waals surface area contributed by atoms with Crippen LogP contribution in [0.2, 0.25) is 0 Å². The molecular weight excluding hydrogens is 266 g/mol. The van der Waals surface area contributed by atoms with Crippen LogP contribution < -0.4 is 16.2 Å². The van der Waals surface area contributed by atoms with E-state index in [0.29, 0.717) is 25.1 Å². The van der Waals surface area contributed by atoms with Crippen molar-refractivity contribution in [3.05, 3.63) is 11.3 Å². The highest BCUT2D eigenvalue weighted by molar-refractivity contribution is 6.06. The summed E-state index contributed by atoms with van der Waals surface area (Å²) in [5.41, 5.74) is 9.85. The molecule has 1 saturated carbocycles. The monoisotopic (exact) mass is 290 g/mol. The summed E-state index contributed by atoms with van der Waals surface area (Å²) in [5.74, 6) is 8.15. The van der Waals surface area contributed by atoms with E-state index in [4.69, 9.17) is 21.3 Å². The van der Waals surface area contributed by atoms with Crippen LogP contribution >= 0.6 is 0 Å². The summed E-state index contributed by atoms with van der Waals surface area (Å²) >= 11 is 0. The lowest BCUT2D eigenvalue weighted by molar-refractivity contribution is 0.158. The number of quaternary nitrogens is 1. The molecule has 2 aliphatic rings. The van der Waals surface area contributed by atoms with Gasteiger partial charge in [0, 0.05) is 30.7 Å². The number of aliphatic imine (C=N–C) groups is 1. The molecule has 1 unspecified atom stereocenters. The molecule has 6 nitrogen and oxygen atoms in total. The Hall–Kier alpha value is -1.50. The smallest absolute Gasteiger partial charge is 0.254 e. The van der Waals surface area contributed by atoms with E-state index in [1.807, 2.05) is 13.8 Å². The van der Waals surface area contributed by atoms with Gasteiger partial charge in [0.2, 0.25) is 0 Å². The number of nitrogens with two attached hydrogens (primary N) is 2. The molecule has 1 atom stereocenters. The van der Waals surface area contributed by atoms with Crippen molar-refractivity contribution in [3.63, 3.8) is 0 Å². The second-order valence-corrected chi connectivity index (χ2v) is 5.93. The number of fused-ring (bicyclic) bond motifs is 1. The molecular formula is C15H24N5O+. The number of aromatic nitrogens is 1. The van der Waals surface area contributed by atoms with Crippen LogP contribution in [0, 0.1) is 13.8 Å². The van der Waals surface area contributed by atoms with Crippen molar-refractivity contribution < 1.29 is 4.74 Å². The highest BCUT2D eigenvalue weighted by Gasteiger charge is 2.52. The Morgan fingerprint density at radius 2 is 2.05 bits per heavy atom. The third-order valence-electron chi connectivity index (χ3n) is 4.78. The lowest BCUT2D eigenvalue weighted by Crippen LogP contribution is -2.68. The number of hydrogen-bond acceptors (Lipinski definition) is 5. The summed E-state index contributed by atoms with van der Waals surface area (Å²) in [6, 6.07) is 0.366. The molecule has 0 aromatic carbocycles. The van der Waals surface area contributed by atoms with E-state index in [1.165, 1.54) is 6.42 Å². The largest absolute Gasteiger partial charge is 0.382 e. The predicted molar refractivity (Wildman–Crippen MR) is 85.3 cm³/mol. The van der Waals surface area contributed by atoms with Gasteiger partial charge in [0.25, 0.3) is 5.84 Å². The molecule has 0 spiro atoms. The van der Waals surface area contributed by atoms with E-state index < -0.39 is 0 Å². The van der Waals surface area contributed by atoms with Crippen molar-refractivity contribution in [2.75, 3.05) is 18.9 Å². The van der Waals surface area contributed by atoms with Crippen LogP contribution in [0.5, 0.6) is 0 Å². The first-order valence-corrected chi connectivity index (χ1v) is 7.60. The molecule has 1 aliphatic heterocycles. The highest BCUT2D eigenvalue weighted by Crippen LogP contribution is 2.48. The Balaban J connectivity index is 2.14. The van der Waals surface area contributed by atoms with Crippen LogP contribution in [0.3, 0.4) is 0 Å². The zero-order valence-electron chi connectivity index (χ0n) is 13.0. The van der Waals surface area contributed by atoms with E-state index in [-0.39, 0.29) is 4.59 Å². The van der Waals surface area contributed by atoms with Crippen LogP contribution in [0.15, 0.2) is 4.99 Å². The molecule has 0 amide bonds. The third-order valence-corrected chi connectivity index (χ3v) is 4.78. The molecule has 1 aliphatic carbocycles. The molecule has 0 saturated heterocycles. The molecule has 1 aromatic heterocycles. The van der Waals surface area contributed by atoms with Crippen molar-refractivity contribution in [1.82, 2.24) is 9.58 Å². The molecule has 2 heterocycles. The van der Waals surface area contributed by atoms with Crippen LogP contribution in [0.1, 0.15) is 37.4 Å². The van der Waals surface area contributed by atoms with Gasteiger partial charge >= 0.3 is 0 Å². The fraction of sp³-hybridized carbons (Fsp3) is 0.600. The zero-order chi connectivity index (χ0) is 15.2. The van der Waals surface area contributed by atoms with Gasteiger partial charge in [-0.3, -0.25) is 0 Å². The maximum absolute atomic E-state index is 6.84. The Morgan fingerprint density at radius 3 is 2.62 bits per heavy atom. The number of rotatable bonds is 4. The lowest BCUT2D eigenvalue weighted by Gasteiger charge is -2.41. The van der Waals surface area contributed by atoms with E-state index >= 15 is 0 Å². The molecule has 0 bridgehead atoms. The second kappa shape index (κ2) is 5.05. The number of nitrogens with zero attached hydrogens (tertiary/aromatic N) is 3. The number of hydrogen-bond donors (Lipinski definition) is 2. The van der Waals surface area contributed by atoms with Crippen molar-refractivity contribution in [2.24, 2.45) is 10.8 Å². The second-order valence-electron chi connectivity index (χ2n) is 5.93. The fourth-order valence-electron chi connectivity index (χ4n) is 3.21. The van der Waals surface area contributed by atoms with Gasteiger partial charge in [0.15, 0.2) is 17.2 Å². The SMILES string of the molecule is CCOCC1=Nc2c(N)nc(C)c(C)c2[N+]1(N)C1CCC1. The Kier molecular flexibility index (Phi) is 3.47. The molecule has 4 N–H and O–H groups in total. The first-order chi connectivity index (χ1) is 10.00. The van der Waals surface area contributed by atoms with E-state index in [2.05, 4.69) is 11.9 Å². The topological polar surface area (TPSA) is 86.5 Å². The first-order valence-electron chi connectivity index (χ1n) is 7.60. The number of ether oxygens (including phenoxy) is 1. The van der Waals surface area contributed by atoms with Crippen LogP contribution in [0.25, 0.3) is 0 Å². The lowest BCUT2D eigenvalue weighted by atomic mass is 9.89. The minimum Gasteiger partial charge on any atom is -0.382 e. The molecule has 0 radical (unpaired) electrons. The Labute approximate surface area is 125 Å². The van der Waals surface area contributed by atoms with Crippen molar-refractivity contribution >= 4 is 23.0 Å². The number of anilines is 1. The van der Waals surface area contributed by atoms with Crippen molar-refractivity contribution in [2.45, 2.75) is 46.1 Å². The van der Waals surface area contributed by atoms with Crippen molar-refractivity contribution in [1.29, 1.82) is 0 Å². The van der Waals surface area contributed by atoms with E-state index in [1.54, 1.807) is 0 Å². The first kappa shape index (κ1) is 14.4. The minimum absolute atomic E-state index is 0.259. The van der Waals surface area contributed by atoms with E-state index in [0.717, 1.165) is 41.3 Å². The van der Waals surface area contributed by atoms with Crippen molar-refractivity contribution in [3.8, 4) is 0 Å².